The maximum atomic E-state index is 13.8. The standard InChI is InChI=1S/C30H25ClF3N3O3/c31-24-10-7-9-23(30(32,33)34)26(24)28(38)37-25-18-19(8-5-3-1-2-4-6-17-35)11-16-22(25)27(36-37)20-12-14-21(15-13-20)29(39)40/h7,9-16,18H,1-4,6,17,35H2,(H,39,40). The van der Waals surface area contributed by atoms with Gasteiger partial charge in [-0.1, -0.05) is 54.5 Å². The second-order valence-electron chi connectivity index (χ2n) is 9.09. The van der Waals surface area contributed by atoms with E-state index in [1.807, 2.05) is 0 Å². The summed E-state index contributed by atoms with van der Waals surface area (Å²) in [7, 11) is 0. The predicted octanol–water partition coefficient (Wildman–Crippen LogP) is 7.02. The highest BCUT2D eigenvalue weighted by atomic mass is 35.5. The Bertz CT molecular complexity index is 1620. The van der Waals surface area contributed by atoms with Gasteiger partial charge >= 0.3 is 12.1 Å². The van der Waals surface area contributed by atoms with Gasteiger partial charge in [0.15, 0.2) is 0 Å². The number of benzene rings is 3. The molecular formula is C30H25ClF3N3O3. The number of fused-ring (bicyclic) bond motifs is 1. The lowest BCUT2D eigenvalue weighted by atomic mass is 10.0. The molecule has 3 N–H and O–H groups in total. The van der Waals surface area contributed by atoms with Crippen LogP contribution in [0.1, 0.15) is 63.9 Å². The average Bonchev–Trinajstić information content (AvgIpc) is 3.30. The van der Waals surface area contributed by atoms with Crippen LogP contribution in [0.2, 0.25) is 5.02 Å². The van der Waals surface area contributed by atoms with E-state index in [0.717, 1.165) is 42.5 Å². The third-order valence-electron chi connectivity index (χ3n) is 6.30. The van der Waals surface area contributed by atoms with Crippen molar-refractivity contribution in [1.29, 1.82) is 0 Å². The molecule has 0 bridgehead atoms. The van der Waals surface area contributed by atoms with Crippen LogP contribution < -0.4 is 5.73 Å². The van der Waals surface area contributed by atoms with Gasteiger partial charge in [0.25, 0.3) is 5.91 Å². The predicted molar refractivity (Wildman–Crippen MR) is 147 cm³/mol. The summed E-state index contributed by atoms with van der Waals surface area (Å²) >= 11 is 6.12. The molecule has 0 fully saturated rings. The van der Waals surface area contributed by atoms with Crippen molar-refractivity contribution in [2.75, 3.05) is 6.54 Å². The van der Waals surface area contributed by atoms with Gasteiger partial charge < -0.3 is 10.8 Å². The van der Waals surface area contributed by atoms with Crippen LogP contribution in [0.4, 0.5) is 13.2 Å². The highest BCUT2D eigenvalue weighted by Crippen LogP contribution is 2.37. The first-order valence-electron chi connectivity index (χ1n) is 12.6. The first-order chi connectivity index (χ1) is 19.1. The fourth-order valence-corrected chi connectivity index (χ4v) is 4.55. The van der Waals surface area contributed by atoms with Crippen molar-refractivity contribution in [2.45, 2.75) is 38.3 Å². The molecule has 0 spiro atoms. The minimum atomic E-state index is -4.82. The van der Waals surface area contributed by atoms with Crippen LogP contribution in [0.15, 0.2) is 60.7 Å². The Hall–Kier alpha value is -4.13. The third-order valence-corrected chi connectivity index (χ3v) is 6.62. The summed E-state index contributed by atoms with van der Waals surface area (Å²) in [6.07, 6.45) is -0.245. The molecule has 1 aromatic heterocycles. The Morgan fingerprint density at radius 1 is 1.00 bits per heavy atom. The van der Waals surface area contributed by atoms with Gasteiger partial charge in [0.05, 0.1) is 27.2 Å². The van der Waals surface area contributed by atoms with E-state index < -0.39 is 29.2 Å². The van der Waals surface area contributed by atoms with Crippen molar-refractivity contribution in [3.8, 4) is 23.1 Å². The summed E-state index contributed by atoms with van der Waals surface area (Å²) in [5.74, 6) is 3.98. The van der Waals surface area contributed by atoms with Crippen LogP contribution in [-0.4, -0.2) is 33.3 Å². The van der Waals surface area contributed by atoms with E-state index in [0.29, 0.717) is 35.2 Å². The van der Waals surface area contributed by atoms with Gasteiger partial charge in [-0.2, -0.15) is 23.0 Å². The molecule has 0 radical (unpaired) electrons. The van der Waals surface area contributed by atoms with Gasteiger partial charge in [0, 0.05) is 22.9 Å². The van der Waals surface area contributed by atoms with E-state index >= 15 is 0 Å². The lowest BCUT2D eigenvalue weighted by Crippen LogP contribution is -2.20. The topological polar surface area (TPSA) is 98.2 Å². The number of carbonyl (C=O) groups is 2. The fraction of sp³-hybridized carbons (Fsp3) is 0.233. The number of carboxylic acids is 1. The van der Waals surface area contributed by atoms with Crippen LogP contribution in [0.3, 0.4) is 0 Å². The van der Waals surface area contributed by atoms with Crippen LogP contribution in [-0.2, 0) is 6.18 Å². The highest BCUT2D eigenvalue weighted by Gasteiger charge is 2.37. The molecule has 0 atom stereocenters. The Labute approximate surface area is 233 Å². The summed E-state index contributed by atoms with van der Waals surface area (Å²) < 4.78 is 42.3. The maximum Gasteiger partial charge on any atom is 0.417 e. The minimum absolute atomic E-state index is 0.0510. The molecular weight excluding hydrogens is 543 g/mol. The fourth-order valence-electron chi connectivity index (χ4n) is 4.29. The number of aromatic nitrogens is 2. The number of carboxylic acid groups (broad SMARTS) is 1. The van der Waals surface area contributed by atoms with Gasteiger partial charge in [-0.05, 0) is 61.9 Å². The number of hydrogen-bond donors (Lipinski definition) is 2. The molecule has 0 aliphatic heterocycles. The average molecular weight is 568 g/mol. The first-order valence-corrected chi connectivity index (χ1v) is 13.0. The zero-order valence-electron chi connectivity index (χ0n) is 21.3. The highest BCUT2D eigenvalue weighted by molar-refractivity contribution is 6.34. The molecule has 4 aromatic rings. The number of alkyl halides is 3. The lowest BCUT2D eigenvalue weighted by Gasteiger charge is -2.13. The first kappa shape index (κ1) is 28.9. The summed E-state index contributed by atoms with van der Waals surface area (Å²) in [6.45, 7) is 0.655. The van der Waals surface area contributed by atoms with Crippen molar-refractivity contribution < 1.29 is 27.9 Å². The van der Waals surface area contributed by atoms with Crippen molar-refractivity contribution in [3.05, 3.63) is 87.9 Å². The van der Waals surface area contributed by atoms with E-state index in [2.05, 4.69) is 16.9 Å². The summed E-state index contributed by atoms with van der Waals surface area (Å²) in [6, 6.07) is 14.0. The lowest BCUT2D eigenvalue weighted by molar-refractivity contribution is -0.137. The van der Waals surface area contributed by atoms with Gasteiger partial charge in [0.1, 0.15) is 5.69 Å². The molecule has 0 aliphatic rings. The Balaban J connectivity index is 1.81. The molecule has 10 heteroatoms. The number of hydrogen-bond acceptors (Lipinski definition) is 4. The number of rotatable bonds is 8. The van der Waals surface area contributed by atoms with E-state index in [4.69, 9.17) is 17.3 Å². The number of unbranched alkanes of at least 4 members (excludes halogenated alkanes) is 4. The normalized spacial score (nSPS) is 11.3. The summed E-state index contributed by atoms with van der Waals surface area (Å²) in [4.78, 5) is 24.9. The second-order valence-corrected chi connectivity index (χ2v) is 9.50. The molecule has 1 heterocycles. The van der Waals surface area contributed by atoms with Crippen molar-refractivity contribution >= 4 is 34.4 Å². The number of nitrogens with two attached hydrogens (primary N) is 1. The molecule has 0 amide bonds. The Morgan fingerprint density at radius 2 is 1.73 bits per heavy atom. The molecule has 6 nitrogen and oxygen atoms in total. The van der Waals surface area contributed by atoms with Crippen molar-refractivity contribution in [2.24, 2.45) is 5.73 Å². The molecule has 0 unspecified atom stereocenters. The van der Waals surface area contributed by atoms with Gasteiger partial charge in [-0.3, -0.25) is 4.79 Å². The van der Waals surface area contributed by atoms with E-state index in [1.165, 1.54) is 30.3 Å². The van der Waals surface area contributed by atoms with Crippen LogP contribution in [0.25, 0.3) is 22.2 Å². The number of nitrogens with zero attached hydrogens (tertiary/aromatic N) is 2. The van der Waals surface area contributed by atoms with Crippen molar-refractivity contribution in [1.82, 2.24) is 9.78 Å². The summed E-state index contributed by atoms with van der Waals surface area (Å²) in [5.41, 5.74) is 5.24. The quantitative estimate of drug-likeness (QED) is 0.176. The van der Waals surface area contributed by atoms with E-state index in [9.17, 15) is 27.9 Å². The minimum Gasteiger partial charge on any atom is -0.478 e. The van der Waals surface area contributed by atoms with Gasteiger partial charge in [-0.25, -0.2) is 4.79 Å². The molecule has 4 rings (SSSR count). The van der Waals surface area contributed by atoms with Gasteiger partial charge in [0.2, 0.25) is 0 Å². The second kappa shape index (κ2) is 12.4. The summed E-state index contributed by atoms with van der Waals surface area (Å²) in [5, 5.41) is 13.7. The SMILES string of the molecule is NCCCCCCC#Cc1ccc2c(-c3ccc(C(=O)O)cc3)nn(C(=O)c3c(Cl)cccc3C(F)(F)F)c2c1. The zero-order valence-corrected chi connectivity index (χ0v) is 22.0. The van der Waals surface area contributed by atoms with E-state index in [1.54, 1.807) is 18.2 Å². The molecule has 3 aromatic carbocycles. The number of aromatic carboxylic acids is 1. The number of carbonyl (C=O) groups excluding carboxylic acids is 1. The van der Waals surface area contributed by atoms with Crippen LogP contribution in [0.5, 0.6) is 0 Å². The van der Waals surface area contributed by atoms with E-state index in [-0.39, 0.29) is 16.1 Å². The molecule has 40 heavy (non-hydrogen) atoms. The molecule has 0 aliphatic carbocycles. The largest absolute Gasteiger partial charge is 0.478 e. The van der Waals surface area contributed by atoms with Crippen LogP contribution in [0, 0.1) is 11.8 Å². The molecule has 206 valence electrons. The Kier molecular flexibility index (Phi) is 8.93. The zero-order chi connectivity index (χ0) is 28.9. The molecule has 0 saturated heterocycles. The number of halogens is 4. The van der Waals surface area contributed by atoms with Crippen molar-refractivity contribution in [3.63, 3.8) is 0 Å². The molecule has 0 saturated carbocycles. The third kappa shape index (κ3) is 6.36. The smallest absolute Gasteiger partial charge is 0.417 e. The van der Waals surface area contributed by atoms with Gasteiger partial charge in [-0.15, -0.1) is 0 Å². The Morgan fingerprint density at radius 3 is 2.40 bits per heavy atom. The van der Waals surface area contributed by atoms with Crippen LogP contribution >= 0.6 is 11.6 Å². The maximum absolute atomic E-state index is 13.8. The monoisotopic (exact) mass is 567 g/mol.